The Morgan fingerprint density at radius 1 is 0.833 bits per heavy atom. The van der Waals surface area contributed by atoms with Gasteiger partial charge in [0, 0.05) is 11.1 Å². The van der Waals surface area contributed by atoms with E-state index in [1.807, 2.05) is 43.3 Å². The molecule has 0 unspecified atom stereocenters. The van der Waals surface area contributed by atoms with Crippen molar-refractivity contribution in [1.82, 2.24) is 9.97 Å². The summed E-state index contributed by atoms with van der Waals surface area (Å²) in [4.78, 5) is 9.13. The summed E-state index contributed by atoms with van der Waals surface area (Å²) in [5.41, 5.74) is 7.59. The van der Waals surface area contributed by atoms with Gasteiger partial charge >= 0.3 is 0 Å². The lowest BCUT2D eigenvalue weighted by Gasteiger charge is -2.09. The van der Waals surface area contributed by atoms with Crippen molar-refractivity contribution in [2.75, 3.05) is 5.43 Å². The molecule has 5 nitrogen and oxygen atoms in total. The number of hydrogen-bond donors (Lipinski definition) is 2. The number of phenolic OH excluding ortho intramolecular Hbond substituents is 1. The summed E-state index contributed by atoms with van der Waals surface area (Å²) in [7, 11) is 0. The minimum absolute atomic E-state index is 0.197. The quantitative estimate of drug-likeness (QED) is 0.344. The van der Waals surface area contributed by atoms with Crippen molar-refractivity contribution in [1.29, 1.82) is 0 Å². The molecule has 6 heteroatoms. The topological polar surface area (TPSA) is 70.4 Å². The van der Waals surface area contributed by atoms with Gasteiger partial charge in [-0.2, -0.15) is 5.10 Å². The molecule has 1 heterocycles. The molecule has 0 saturated heterocycles. The lowest BCUT2D eigenvalue weighted by molar-refractivity contribution is 0.475. The summed E-state index contributed by atoms with van der Waals surface area (Å²) in [5, 5.41) is 13.8. The zero-order valence-electron chi connectivity index (χ0n) is 16.2. The van der Waals surface area contributed by atoms with E-state index < -0.39 is 0 Å². The Labute approximate surface area is 173 Å². The average Bonchev–Trinajstić information content (AvgIpc) is 2.79. The minimum Gasteiger partial charge on any atom is -0.508 e. The van der Waals surface area contributed by atoms with E-state index in [4.69, 9.17) is 0 Å². The molecule has 4 rings (SSSR count). The van der Waals surface area contributed by atoms with Gasteiger partial charge in [0.2, 0.25) is 5.95 Å². The Hall–Kier alpha value is -4.06. The van der Waals surface area contributed by atoms with Crippen LogP contribution in [0, 0.1) is 5.82 Å². The maximum Gasteiger partial charge on any atom is 0.244 e. The van der Waals surface area contributed by atoms with Crippen molar-refractivity contribution in [3.05, 3.63) is 96.3 Å². The summed E-state index contributed by atoms with van der Waals surface area (Å²) >= 11 is 0. The summed E-state index contributed by atoms with van der Waals surface area (Å²) in [5.74, 6) is 0.222. The summed E-state index contributed by atoms with van der Waals surface area (Å²) < 4.78 is 13.3. The second-order valence-electron chi connectivity index (χ2n) is 6.69. The van der Waals surface area contributed by atoms with Crippen LogP contribution >= 0.6 is 0 Å². The van der Waals surface area contributed by atoms with Gasteiger partial charge in [0.05, 0.1) is 17.1 Å². The van der Waals surface area contributed by atoms with Gasteiger partial charge in [0.1, 0.15) is 11.6 Å². The van der Waals surface area contributed by atoms with Gasteiger partial charge in [0.15, 0.2) is 0 Å². The first-order valence-electron chi connectivity index (χ1n) is 9.38. The van der Waals surface area contributed by atoms with Crippen LogP contribution in [-0.4, -0.2) is 20.8 Å². The SMILES string of the molecule is C/C(=N\Nc1nc(-c2ccccc2)cc(-c2ccc(F)cc2)n1)c1ccc(O)cc1. The molecule has 0 spiro atoms. The second-order valence-corrected chi connectivity index (χ2v) is 6.69. The number of aromatic nitrogens is 2. The van der Waals surface area contributed by atoms with Crippen LogP contribution in [-0.2, 0) is 0 Å². The molecular weight excluding hydrogens is 379 g/mol. The predicted molar refractivity (Wildman–Crippen MR) is 117 cm³/mol. The Kier molecular flexibility index (Phi) is 5.48. The molecule has 0 aliphatic rings. The Morgan fingerprint density at radius 3 is 2.07 bits per heavy atom. The highest BCUT2D eigenvalue weighted by Crippen LogP contribution is 2.25. The average molecular weight is 398 g/mol. The molecule has 0 atom stereocenters. The van der Waals surface area contributed by atoms with Crippen LogP contribution in [0.2, 0.25) is 0 Å². The fourth-order valence-electron chi connectivity index (χ4n) is 2.92. The van der Waals surface area contributed by atoms with Crippen LogP contribution in [0.3, 0.4) is 0 Å². The molecule has 4 aromatic rings. The monoisotopic (exact) mass is 398 g/mol. The molecule has 0 saturated carbocycles. The maximum atomic E-state index is 13.3. The lowest BCUT2D eigenvalue weighted by atomic mass is 10.1. The Bertz CT molecular complexity index is 1170. The first-order valence-corrected chi connectivity index (χ1v) is 9.38. The molecule has 30 heavy (non-hydrogen) atoms. The fourth-order valence-corrected chi connectivity index (χ4v) is 2.92. The molecule has 0 radical (unpaired) electrons. The van der Waals surface area contributed by atoms with E-state index in [9.17, 15) is 9.50 Å². The number of nitrogens with one attached hydrogen (secondary N) is 1. The molecule has 0 fully saturated rings. The number of aromatic hydroxyl groups is 1. The van der Waals surface area contributed by atoms with Gasteiger partial charge < -0.3 is 5.11 Å². The first-order chi connectivity index (χ1) is 14.6. The van der Waals surface area contributed by atoms with Gasteiger partial charge in [0.25, 0.3) is 0 Å². The predicted octanol–water partition coefficient (Wildman–Crippen LogP) is 5.49. The largest absolute Gasteiger partial charge is 0.508 e. The minimum atomic E-state index is -0.302. The maximum absolute atomic E-state index is 13.3. The van der Waals surface area contributed by atoms with Crippen molar-refractivity contribution in [3.63, 3.8) is 0 Å². The molecule has 2 N–H and O–H groups in total. The van der Waals surface area contributed by atoms with E-state index in [1.165, 1.54) is 12.1 Å². The molecule has 148 valence electrons. The summed E-state index contributed by atoms with van der Waals surface area (Å²) in [6.07, 6.45) is 0. The van der Waals surface area contributed by atoms with Crippen LogP contribution in [0.25, 0.3) is 22.5 Å². The van der Waals surface area contributed by atoms with E-state index in [0.717, 1.165) is 22.4 Å². The highest BCUT2D eigenvalue weighted by atomic mass is 19.1. The number of halogens is 1. The number of phenols is 1. The third kappa shape index (κ3) is 4.50. The second kappa shape index (κ2) is 8.53. The smallest absolute Gasteiger partial charge is 0.244 e. The Balaban J connectivity index is 1.71. The standard InChI is InChI=1S/C24H19FN4O/c1-16(17-9-13-21(30)14-10-17)28-29-24-26-22(18-5-3-2-4-6-18)15-23(27-24)19-7-11-20(25)12-8-19/h2-15,30H,1H3,(H,26,27,29)/b28-16+. The number of rotatable bonds is 5. The van der Waals surface area contributed by atoms with Crippen molar-refractivity contribution >= 4 is 11.7 Å². The van der Waals surface area contributed by atoms with Gasteiger partial charge in [-0.15, -0.1) is 0 Å². The van der Waals surface area contributed by atoms with E-state index >= 15 is 0 Å². The molecule has 0 bridgehead atoms. The van der Waals surface area contributed by atoms with Crippen molar-refractivity contribution < 1.29 is 9.50 Å². The molecule has 0 amide bonds. The van der Waals surface area contributed by atoms with Crippen molar-refractivity contribution in [2.24, 2.45) is 5.10 Å². The van der Waals surface area contributed by atoms with Crippen LogP contribution in [0.15, 0.2) is 90.0 Å². The van der Waals surface area contributed by atoms with E-state index in [1.54, 1.807) is 36.4 Å². The number of hydrazone groups is 1. The zero-order valence-corrected chi connectivity index (χ0v) is 16.2. The number of benzene rings is 3. The summed E-state index contributed by atoms with van der Waals surface area (Å²) in [6, 6.07) is 24.5. The number of anilines is 1. The summed E-state index contributed by atoms with van der Waals surface area (Å²) in [6.45, 7) is 1.85. The van der Waals surface area contributed by atoms with Gasteiger partial charge in [-0.05, 0) is 67.1 Å². The molecular formula is C24H19FN4O. The van der Waals surface area contributed by atoms with Gasteiger partial charge in [-0.25, -0.2) is 19.8 Å². The van der Waals surface area contributed by atoms with E-state index in [0.29, 0.717) is 17.4 Å². The van der Waals surface area contributed by atoms with Crippen LogP contribution in [0.5, 0.6) is 5.75 Å². The number of nitrogens with zero attached hydrogens (tertiary/aromatic N) is 3. The third-order valence-corrected chi connectivity index (χ3v) is 4.54. The van der Waals surface area contributed by atoms with Crippen LogP contribution < -0.4 is 5.43 Å². The third-order valence-electron chi connectivity index (χ3n) is 4.54. The van der Waals surface area contributed by atoms with Gasteiger partial charge in [-0.1, -0.05) is 30.3 Å². The van der Waals surface area contributed by atoms with Crippen molar-refractivity contribution in [2.45, 2.75) is 6.92 Å². The molecule has 3 aromatic carbocycles. The first kappa shape index (κ1) is 19.3. The molecule has 0 aliphatic carbocycles. The van der Waals surface area contributed by atoms with E-state index in [2.05, 4.69) is 20.5 Å². The van der Waals surface area contributed by atoms with E-state index in [-0.39, 0.29) is 11.6 Å². The van der Waals surface area contributed by atoms with Gasteiger partial charge in [-0.3, -0.25) is 0 Å². The molecule has 1 aromatic heterocycles. The highest BCUT2D eigenvalue weighted by molar-refractivity contribution is 5.99. The van der Waals surface area contributed by atoms with Crippen molar-refractivity contribution in [3.8, 4) is 28.3 Å². The zero-order chi connectivity index (χ0) is 20.9. The molecule has 0 aliphatic heterocycles. The van der Waals surface area contributed by atoms with Crippen LogP contribution in [0.4, 0.5) is 10.3 Å². The Morgan fingerprint density at radius 2 is 1.43 bits per heavy atom. The number of hydrogen-bond acceptors (Lipinski definition) is 5. The lowest BCUT2D eigenvalue weighted by Crippen LogP contribution is -2.04. The normalized spacial score (nSPS) is 11.3. The fraction of sp³-hybridized carbons (Fsp3) is 0.0417. The highest BCUT2D eigenvalue weighted by Gasteiger charge is 2.09. The van der Waals surface area contributed by atoms with Crippen LogP contribution in [0.1, 0.15) is 12.5 Å².